The van der Waals surface area contributed by atoms with Crippen LogP contribution in [0.4, 0.5) is 11.4 Å². The number of carbonyl (C=O) groups excluding carboxylic acids is 3. The van der Waals surface area contributed by atoms with Crippen molar-refractivity contribution < 1.29 is 33.3 Å². The van der Waals surface area contributed by atoms with Gasteiger partial charge in [0.1, 0.15) is 0 Å². The van der Waals surface area contributed by atoms with Gasteiger partial charge in [-0.25, -0.2) is 0 Å². The van der Waals surface area contributed by atoms with E-state index in [9.17, 15) is 19.6 Å². The van der Waals surface area contributed by atoms with Gasteiger partial charge < -0.3 is 35.3 Å². The summed E-state index contributed by atoms with van der Waals surface area (Å²) in [5.74, 6) is 1.18. The fourth-order valence-electron chi connectivity index (χ4n) is 5.11. The first-order chi connectivity index (χ1) is 24.1. The van der Waals surface area contributed by atoms with Crippen molar-refractivity contribution >= 4 is 29.1 Å². The van der Waals surface area contributed by atoms with Crippen LogP contribution in [0, 0.1) is 11.3 Å². The Morgan fingerprint density at radius 3 is 1.53 bits per heavy atom. The van der Waals surface area contributed by atoms with E-state index in [-0.39, 0.29) is 11.8 Å². The lowest BCUT2D eigenvalue weighted by molar-refractivity contribution is -0.122. The predicted octanol–water partition coefficient (Wildman–Crippen LogP) is 7.04. The highest BCUT2D eigenvalue weighted by atomic mass is 16.5. The summed E-state index contributed by atoms with van der Waals surface area (Å²) in [4.78, 5) is 36.5. The number of rotatable bonds is 12. The number of nitrogens with one attached hydrogen (secondary N) is 2. The number of methoxy groups -OCH3 is 4. The SMILES string of the molecule is CCc1cc(NC(=O)c2ccc(OC)c(OC)c2)ccc1C(C)(C)C#N.COc1ccc(C(=O)Nc2ccc(C(C)(C)C(N)=O)cc2)cc1OC. The lowest BCUT2D eigenvalue weighted by atomic mass is 9.82. The molecule has 0 unspecified atom stereocenters. The monoisotopic (exact) mass is 694 g/mol. The number of carbonyl (C=O) groups is 3. The van der Waals surface area contributed by atoms with Gasteiger partial charge in [0, 0.05) is 22.5 Å². The molecule has 4 aromatic carbocycles. The summed E-state index contributed by atoms with van der Waals surface area (Å²) >= 11 is 0. The Morgan fingerprint density at radius 1 is 0.667 bits per heavy atom. The number of amides is 3. The third-order valence-electron chi connectivity index (χ3n) is 8.47. The fraction of sp³-hybridized carbons (Fsp3) is 0.300. The molecule has 0 aromatic heterocycles. The first kappa shape index (κ1) is 39.4. The maximum absolute atomic E-state index is 12.6. The molecule has 0 aliphatic rings. The molecule has 0 atom stereocenters. The topological polar surface area (TPSA) is 162 Å². The van der Waals surface area contributed by atoms with Gasteiger partial charge in [-0.1, -0.05) is 25.1 Å². The Morgan fingerprint density at radius 2 is 1.12 bits per heavy atom. The molecule has 0 saturated heterocycles. The second-order valence-electron chi connectivity index (χ2n) is 12.6. The number of primary amides is 1. The van der Waals surface area contributed by atoms with Gasteiger partial charge in [0.2, 0.25) is 5.91 Å². The molecule has 0 fully saturated rings. The number of hydrogen-bond acceptors (Lipinski definition) is 8. The van der Waals surface area contributed by atoms with Crippen LogP contribution in [0.1, 0.15) is 72.0 Å². The molecular formula is C40H46N4O7. The summed E-state index contributed by atoms with van der Waals surface area (Å²) < 4.78 is 20.8. The van der Waals surface area contributed by atoms with Gasteiger partial charge in [-0.15, -0.1) is 0 Å². The second kappa shape index (κ2) is 17.1. The van der Waals surface area contributed by atoms with Gasteiger partial charge in [-0.2, -0.15) is 5.26 Å². The molecular weight excluding hydrogens is 648 g/mol. The van der Waals surface area contributed by atoms with Crippen molar-refractivity contribution in [3.63, 3.8) is 0 Å². The van der Waals surface area contributed by atoms with Crippen molar-refractivity contribution in [2.24, 2.45) is 5.73 Å². The highest BCUT2D eigenvalue weighted by Crippen LogP contribution is 2.31. The van der Waals surface area contributed by atoms with Crippen molar-refractivity contribution in [1.82, 2.24) is 0 Å². The molecule has 0 aliphatic heterocycles. The Hall–Kier alpha value is -6.02. The number of hydrogen-bond donors (Lipinski definition) is 3. The summed E-state index contributed by atoms with van der Waals surface area (Å²) in [5.41, 5.74) is 9.10. The molecule has 0 saturated carbocycles. The summed E-state index contributed by atoms with van der Waals surface area (Å²) in [6.07, 6.45) is 0.778. The molecule has 0 bridgehead atoms. The van der Waals surface area contributed by atoms with Crippen LogP contribution in [0.5, 0.6) is 23.0 Å². The fourth-order valence-corrected chi connectivity index (χ4v) is 5.11. The van der Waals surface area contributed by atoms with Crippen LogP contribution >= 0.6 is 0 Å². The Labute approximate surface area is 299 Å². The van der Waals surface area contributed by atoms with Crippen molar-refractivity contribution in [1.29, 1.82) is 5.26 Å². The van der Waals surface area contributed by atoms with Crippen molar-refractivity contribution in [2.45, 2.75) is 51.9 Å². The summed E-state index contributed by atoms with van der Waals surface area (Å²) in [6.45, 7) is 9.33. The number of aryl methyl sites for hydroxylation is 1. The minimum absolute atomic E-state index is 0.236. The smallest absolute Gasteiger partial charge is 0.255 e. The average molecular weight is 695 g/mol. The van der Waals surface area contributed by atoms with Gasteiger partial charge >= 0.3 is 0 Å². The number of nitrogens with two attached hydrogens (primary N) is 1. The van der Waals surface area contributed by atoms with Crippen LogP contribution < -0.4 is 35.3 Å². The summed E-state index contributed by atoms with van der Waals surface area (Å²) in [6, 6.07) is 25.0. The van der Waals surface area contributed by atoms with Crippen molar-refractivity contribution in [2.75, 3.05) is 39.1 Å². The van der Waals surface area contributed by atoms with Gasteiger partial charge in [0.15, 0.2) is 23.0 Å². The number of anilines is 2. The minimum Gasteiger partial charge on any atom is -0.493 e. The van der Waals surface area contributed by atoms with Gasteiger partial charge in [-0.3, -0.25) is 14.4 Å². The van der Waals surface area contributed by atoms with Crippen LogP contribution in [0.15, 0.2) is 78.9 Å². The van der Waals surface area contributed by atoms with E-state index in [1.807, 2.05) is 39.0 Å². The van der Waals surface area contributed by atoms with Crippen LogP contribution in [0.25, 0.3) is 0 Å². The number of nitriles is 1. The molecule has 11 heteroatoms. The maximum atomic E-state index is 12.6. The number of ether oxygens (including phenoxy) is 4. The quantitative estimate of drug-likeness (QED) is 0.142. The zero-order chi connectivity index (χ0) is 37.9. The van der Waals surface area contributed by atoms with Crippen LogP contribution in [0.2, 0.25) is 0 Å². The van der Waals surface area contributed by atoms with Crippen LogP contribution in [0.3, 0.4) is 0 Å². The largest absolute Gasteiger partial charge is 0.493 e. The molecule has 0 radical (unpaired) electrons. The highest BCUT2D eigenvalue weighted by Gasteiger charge is 2.27. The molecule has 4 rings (SSSR count). The number of benzene rings is 4. The van der Waals surface area contributed by atoms with E-state index in [4.69, 9.17) is 24.7 Å². The predicted molar refractivity (Wildman–Crippen MR) is 198 cm³/mol. The van der Waals surface area contributed by atoms with E-state index < -0.39 is 16.7 Å². The molecule has 268 valence electrons. The Kier molecular flexibility index (Phi) is 13.2. The second-order valence-corrected chi connectivity index (χ2v) is 12.6. The summed E-state index contributed by atoms with van der Waals surface area (Å²) in [7, 11) is 6.13. The maximum Gasteiger partial charge on any atom is 0.255 e. The first-order valence-electron chi connectivity index (χ1n) is 16.2. The van der Waals surface area contributed by atoms with E-state index in [0.29, 0.717) is 45.5 Å². The van der Waals surface area contributed by atoms with E-state index in [1.54, 1.807) is 81.6 Å². The van der Waals surface area contributed by atoms with E-state index in [1.165, 1.54) is 21.3 Å². The zero-order valence-corrected chi connectivity index (χ0v) is 30.6. The third kappa shape index (κ3) is 9.57. The van der Waals surface area contributed by atoms with Gasteiger partial charge in [0.05, 0.1) is 45.3 Å². The summed E-state index contributed by atoms with van der Waals surface area (Å²) in [5, 5.41) is 15.1. The molecule has 0 heterocycles. The van der Waals surface area contributed by atoms with Crippen LogP contribution in [-0.2, 0) is 22.0 Å². The molecule has 0 aliphatic carbocycles. The number of nitrogens with zero attached hydrogens (tertiary/aromatic N) is 1. The normalized spacial score (nSPS) is 10.8. The lowest BCUT2D eigenvalue weighted by Crippen LogP contribution is -2.35. The third-order valence-corrected chi connectivity index (χ3v) is 8.47. The molecule has 4 N–H and O–H groups in total. The van der Waals surface area contributed by atoms with Gasteiger partial charge in [0.25, 0.3) is 11.8 Å². The molecule has 3 amide bonds. The Balaban J connectivity index is 0.000000276. The molecule has 4 aromatic rings. The van der Waals surface area contributed by atoms with Crippen molar-refractivity contribution in [3.05, 3.63) is 107 Å². The van der Waals surface area contributed by atoms with E-state index in [0.717, 1.165) is 23.1 Å². The van der Waals surface area contributed by atoms with Crippen molar-refractivity contribution in [3.8, 4) is 29.1 Å². The standard InChI is InChI=1S/C21H24N2O3.C19H22N2O4/c1-6-14-11-16(8-9-17(14)21(2,3)13-22)23-20(24)15-7-10-18(25-4)19(12-15)26-5;1-19(2,18(20)23)13-6-8-14(9-7-13)21-17(22)12-5-10-15(24-3)16(11-12)25-4/h7-12H,6H2,1-5H3,(H,23,24);5-11H,1-4H3,(H2,20,23)(H,21,22). The van der Waals surface area contributed by atoms with E-state index >= 15 is 0 Å². The van der Waals surface area contributed by atoms with E-state index in [2.05, 4.69) is 16.7 Å². The lowest BCUT2D eigenvalue weighted by Gasteiger charge is -2.21. The first-order valence-corrected chi connectivity index (χ1v) is 16.2. The zero-order valence-electron chi connectivity index (χ0n) is 30.6. The molecule has 11 nitrogen and oxygen atoms in total. The highest BCUT2D eigenvalue weighted by molar-refractivity contribution is 6.05. The molecule has 51 heavy (non-hydrogen) atoms. The average Bonchev–Trinajstić information content (AvgIpc) is 3.14. The van der Waals surface area contributed by atoms with Gasteiger partial charge in [-0.05, 0) is 111 Å². The molecule has 0 spiro atoms. The minimum atomic E-state index is -0.772. The Bertz CT molecular complexity index is 1910. The van der Waals surface area contributed by atoms with Crippen LogP contribution in [-0.4, -0.2) is 46.2 Å².